The molecule has 0 saturated carbocycles. The van der Waals surface area contributed by atoms with Gasteiger partial charge in [0.25, 0.3) is 0 Å². The Morgan fingerprint density at radius 2 is 1.81 bits per heavy atom. The van der Waals surface area contributed by atoms with Crippen LogP contribution in [0.2, 0.25) is 0 Å². The lowest BCUT2D eigenvalue weighted by atomic mass is 10.2. The number of amides is 4. The standard InChI is InChI=1S/C13H16N4O4/c14-6-1-7-17(8-18)13(21)12(20)16-10-4-2-9(3-5-10)11(15)19/h2-5,8H,1,6-7,14H2,(H2,15,19)(H,16,20). The Labute approximate surface area is 121 Å². The summed E-state index contributed by atoms with van der Waals surface area (Å²) in [5, 5.41) is 2.33. The van der Waals surface area contributed by atoms with Crippen LogP contribution in [0, 0.1) is 0 Å². The summed E-state index contributed by atoms with van der Waals surface area (Å²) in [7, 11) is 0. The number of hydrogen-bond acceptors (Lipinski definition) is 5. The number of carbonyl (C=O) groups excluding carboxylic acids is 4. The van der Waals surface area contributed by atoms with Crippen molar-refractivity contribution in [1.29, 1.82) is 0 Å². The van der Waals surface area contributed by atoms with Crippen LogP contribution in [0.15, 0.2) is 24.3 Å². The molecule has 4 amide bonds. The SMILES string of the molecule is NCCCN(C=O)C(=O)C(=O)Nc1ccc(C(N)=O)cc1. The first-order valence-electron chi connectivity index (χ1n) is 6.16. The smallest absolute Gasteiger partial charge is 0.318 e. The molecule has 0 saturated heterocycles. The zero-order valence-electron chi connectivity index (χ0n) is 11.2. The number of rotatable bonds is 6. The van der Waals surface area contributed by atoms with Crippen LogP contribution in [-0.2, 0) is 14.4 Å². The number of primary amides is 1. The first kappa shape index (κ1) is 16.3. The molecular weight excluding hydrogens is 276 g/mol. The number of imide groups is 1. The first-order valence-corrected chi connectivity index (χ1v) is 6.16. The molecule has 0 heterocycles. The van der Waals surface area contributed by atoms with Crippen molar-refractivity contribution in [3.05, 3.63) is 29.8 Å². The minimum Gasteiger partial charge on any atom is -0.366 e. The second-order valence-electron chi connectivity index (χ2n) is 4.14. The minimum absolute atomic E-state index is 0.0763. The molecule has 112 valence electrons. The lowest BCUT2D eigenvalue weighted by Gasteiger charge is -2.14. The van der Waals surface area contributed by atoms with Crippen molar-refractivity contribution in [2.24, 2.45) is 11.5 Å². The molecule has 0 spiro atoms. The molecule has 1 rings (SSSR count). The largest absolute Gasteiger partial charge is 0.366 e. The number of anilines is 1. The number of benzene rings is 1. The topological polar surface area (TPSA) is 136 Å². The van der Waals surface area contributed by atoms with Gasteiger partial charge >= 0.3 is 11.8 Å². The van der Waals surface area contributed by atoms with E-state index in [1.165, 1.54) is 24.3 Å². The van der Waals surface area contributed by atoms with Gasteiger partial charge in [0.2, 0.25) is 12.3 Å². The normalized spacial score (nSPS) is 9.76. The summed E-state index contributed by atoms with van der Waals surface area (Å²) in [4.78, 5) is 45.8. The fourth-order valence-electron chi connectivity index (χ4n) is 1.50. The van der Waals surface area contributed by atoms with Crippen molar-refractivity contribution in [3.8, 4) is 0 Å². The lowest BCUT2D eigenvalue weighted by molar-refractivity contribution is -0.146. The van der Waals surface area contributed by atoms with E-state index in [1.807, 2.05) is 0 Å². The fraction of sp³-hybridized carbons (Fsp3) is 0.231. The number of nitrogens with one attached hydrogen (secondary N) is 1. The van der Waals surface area contributed by atoms with Gasteiger partial charge in [-0.15, -0.1) is 0 Å². The predicted octanol–water partition coefficient (Wildman–Crippen LogP) is -0.942. The maximum Gasteiger partial charge on any atom is 0.318 e. The van der Waals surface area contributed by atoms with Gasteiger partial charge in [0, 0.05) is 17.8 Å². The summed E-state index contributed by atoms with van der Waals surface area (Å²) in [5.41, 5.74) is 10.9. The summed E-state index contributed by atoms with van der Waals surface area (Å²) < 4.78 is 0. The van der Waals surface area contributed by atoms with E-state index in [0.717, 1.165) is 4.90 Å². The Morgan fingerprint density at radius 1 is 1.19 bits per heavy atom. The molecule has 21 heavy (non-hydrogen) atoms. The van der Waals surface area contributed by atoms with Gasteiger partial charge < -0.3 is 16.8 Å². The molecule has 8 nitrogen and oxygen atoms in total. The van der Waals surface area contributed by atoms with Crippen LogP contribution in [0.1, 0.15) is 16.8 Å². The average Bonchev–Trinajstić information content (AvgIpc) is 2.48. The Bertz CT molecular complexity index is 542. The van der Waals surface area contributed by atoms with Crippen molar-refractivity contribution < 1.29 is 19.2 Å². The van der Waals surface area contributed by atoms with Gasteiger partial charge in [-0.3, -0.25) is 24.1 Å². The number of nitrogens with two attached hydrogens (primary N) is 2. The molecule has 1 aromatic rings. The van der Waals surface area contributed by atoms with Crippen LogP contribution in [0.3, 0.4) is 0 Å². The maximum atomic E-state index is 11.7. The van der Waals surface area contributed by atoms with Crippen LogP contribution in [0.5, 0.6) is 0 Å². The molecule has 0 aliphatic carbocycles. The third-order valence-corrected chi connectivity index (χ3v) is 2.61. The molecule has 0 aromatic heterocycles. The van der Waals surface area contributed by atoms with Gasteiger partial charge in [0.1, 0.15) is 0 Å². The molecule has 0 radical (unpaired) electrons. The third-order valence-electron chi connectivity index (χ3n) is 2.61. The summed E-state index contributed by atoms with van der Waals surface area (Å²) in [6.45, 7) is 0.376. The lowest BCUT2D eigenvalue weighted by Crippen LogP contribution is -2.39. The van der Waals surface area contributed by atoms with Gasteiger partial charge in [0.05, 0.1) is 0 Å². The zero-order chi connectivity index (χ0) is 15.8. The molecule has 0 atom stereocenters. The molecule has 0 aliphatic heterocycles. The van der Waals surface area contributed by atoms with E-state index in [4.69, 9.17) is 11.5 Å². The highest BCUT2D eigenvalue weighted by Gasteiger charge is 2.21. The molecule has 0 unspecified atom stereocenters. The predicted molar refractivity (Wildman–Crippen MR) is 75.0 cm³/mol. The van der Waals surface area contributed by atoms with Crippen LogP contribution in [0.25, 0.3) is 0 Å². The first-order chi connectivity index (χ1) is 9.99. The van der Waals surface area contributed by atoms with Gasteiger partial charge in [0.15, 0.2) is 0 Å². The second kappa shape index (κ2) is 7.75. The van der Waals surface area contributed by atoms with Gasteiger partial charge in [-0.25, -0.2) is 0 Å². The Kier molecular flexibility index (Phi) is 6.02. The molecule has 0 aliphatic rings. The molecule has 8 heteroatoms. The number of hydrogen-bond donors (Lipinski definition) is 3. The van der Waals surface area contributed by atoms with Gasteiger partial charge in [-0.05, 0) is 37.2 Å². The Hall–Kier alpha value is -2.74. The summed E-state index contributed by atoms with van der Waals surface area (Å²) >= 11 is 0. The monoisotopic (exact) mass is 292 g/mol. The van der Waals surface area contributed by atoms with Crippen LogP contribution < -0.4 is 16.8 Å². The van der Waals surface area contributed by atoms with E-state index < -0.39 is 17.7 Å². The van der Waals surface area contributed by atoms with Crippen LogP contribution in [0.4, 0.5) is 5.69 Å². The van der Waals surface area contributed by atoms with Crippen LogP contribution >= 0.6 is 0 Å². The Balaban J connectivity index is 2.68. The summed E-state index contributed by atoms with van der Waals surface area (Å²) in [6, 6.07) is 5.68. The Morgan fingerprint density at radius 3 is 2.29 bits per heavy atom. The van der Waals surface area contributed by atoms with Gasteiger partial charge in [-0.2, -0.15) is 0 Å². The van der Waals surface area contributed by atoms with E-state index in [-0.39, 0.29) is 18.5 Å². The molecule has 0 fully saturated rings. The van der Waals surface area contributed by atoms with E-state index in [1.54, 1.807) is 0 Å². The molecule has 1 aromatic carbocycles. The summed E-state index contributed by atoms with van der Waals surface area (Å²) in [6.07, 6.45) is 0.693. The van der Waals surface area contributed by atoms with E-state index >= 15 is 0 Å². The highest BCUT2D eigenvalue weighted by molar-refractivity contribution is 6.41. The van der Waals surface area contributed by atoms with E-state index in [0.29, 0.717) is 18.7 Å². The summed E-state index contributed by atoms with van der Waals surface area (Å²) in [5.74, 6) is -2.53. The zero-order valence-corrected chi connectivity index (χ0v) is 11.2. The third kappa shape index (κ3) is 4.69. The molecule has 5 N–H and O–H groups in total. The van der Waals surface area contributed by atoms with E-state index in [9.17, 15) is 19.2 Å². The number of carbonyl (C=O) groups is 4. The fourth-order valence-corrected chi connectivity index (χ4v) is 1.50. The molecule has 0 bridgehead atoms. The highest BCUT2D eigenvalue weighted by Crippen LogP contribution is 2.09. The van der Waals surface area contributed by atoms with E-state index in [2.05, 4.69) is 5.32 Å². The number of nitrogens with zero attached hydrogens (tertiary/aromatic N) is 1. The quantitative estimate of drug-likeness (QED) is 0.459. The maximum absolute atomic E-state index is 11.7. The average molecular weight is 292 g/mol. The highest BCUT2D eigenvalue weighted by atomic mass is 16.2. The van der Waals surface area contributed by atoms with Crippen molar-refractivity contribution in [2.75, 3.05) is 18.4 Å². The van der Waals surface area contributed by atoms with Crippen molar-refractivity contribution in [2.45, 2.75) is 6.42 Å². The van der Waals surface area contributed by atoms with Crippen molar-refractivity contribution >= 4 is 29.8 Å². The van der Waals surface area contributed by atoms with Crippen molar-refractivity contribution in [3.63, 3.8) is 0 Å². The second-order valence-corrected chi connectivity index (χ2v) is 4.14. The van der Waals surface area contributed by atoms with Gasteiger partial charge in [-0.1, -0.05) is 0 Å². The van der Waals surface area contributed by atoms with Crippen molar-refractivity contribution in [1.82, 2.24) is 4.90 Å². The van der Waals surface area contributed by atoms with Crippen LogP contribution in [-0.4, -0.2) is 42.1 Å². The molecular formula is C13H16N4O4. The minimum atomic E-state index is -0.975.